The summed E-state index contributed by atoms with van der Waals surface area (Å²) >= 11 is 0. The zero-order valence-corrected chi connectivity index (χ0v) is 15.2. The van der Waals surface area contributed by atoms with E-state index in [1.807, 2.05) is 4.90 Å². The van der Waals surface area contributed by atoms with Gasteiger partial charge in [0.1, 0.15) is 5.82 Å². The van der Waals surface area contributed by atoms with Crippen molar-refractivity contribution in [3.63, 3.8) is 0 Å². The Bertz CT molecular complexity index is 898. The molecule has 28 heavy (non-hydrogen) atoms. The number of hydrogen-bond acceptors (Lipinski definition) is 3. The van der Waals surface area contributed by atoms with E-state index < -0.39 is 17.5 Å². The molecule has 0 radical (unpaired) electrons. The number of nitrogens with one attached hydrogen (secondary N) is 1. The molecular formula is C20H20F2N4O2. The minimum Gasteiger partial charge on any atom is -0.321 e. The number of amides is 3. The van der Waals surface area contributed by atoms with Crippen LogP contribution in [0, 0.1) is 11.6 Å². The highest BCUT2D eigenvalue weighted by Gasteiger charge is 2.36. The molecule has 4 rings (SSSR count). The third-order valence-corrected chi connectivity index (χ3v) is 5.27. The van der Waals surface area contributed by atoms with Gasteiger partial charge in [-0.05, 0) is 43.2 Å². The zero-order chi connectivity index (χ0) is 19.7. The van der Waals surface area contributed by atoms with Gasteiger partial charge in [-0.25, -0.2) is 18.6 Å². The second kappa shape index (κ2) is 7.53. The molecule has 1 aromatic heterocycles. The summed E-state index contributed by atoms with van der Waals surface area (Å²) in [5, 5.41) is 2.58. The maximum absolute atomic E-state index is 13.3. The van der Waals surface area contributed by atoms with Crippen molar-refractivity contribution >= 4 is 23.4 Å². The first-order chi connectivity index (χ1) is 13.5. The second-order valence-electron chi connectivity index (χ2n) is 7.05. The highest BCUT2D eigenvalue weighted by molar-refractivity contribution is 6.04. The summed E-state index contributed by atoms with van der Waals surface area (Å²) in [5.74, 6) is -2.14. The van der Waals surface area contributed by atoms with E-state index in [-0.39, 0.29) is 11.6 Å². The maximum atomic E-state index is 13.3. The Kier molecular flexibility index (Phi) is 4.93. The lowest BCUT2D eigenvalue weighted by Crippen LogP contribution is -2.38. The van der Waals surface area contributed by atoms with Crippen LogP contribution in [0.1, 0.15) is 36.0 Å². The quantitative estimate of drug-likeness (QED) is 0.869. The molecule has 1 N–H and O–H groups in total. The molecule has 2 heterocycles. The highest BCUT2D eigenvalue weighted by Crippen LogP contribution is 2.28. The Labute approximate surface area is 161 Å². The van der Waals surface area contributed by atoms with Gasteiger partial charge in [0.25, 0.3) is 5.91 Å². The molecule has 8 heteroatoms. The lowest BCUT2D eigenvalue weighted by Gasteiger charge is -2.23. The van der Waals surface area contributed by atoms with Gasteiger partial charge in [-0.3, -0.25) is 9.69 Å². The molecule has 146 valence electrons. The van der Waals surface area contributed by atoms with Crippen LogP contribution in [0.4, 0.5) is 25.1 Å². The molecule has 1 saturated heterocycles. The monoisotopic (exact) mass is 386 g/mol. The lowest BCUT2D eigenvalue weighted by molar-refractivity contribution is 0.102. The van der Waals surface area contributed by atoms with Crippen molar-refractivity contribution in [2.45, 2.75) is 31.7 Å². The Balaban J connectivity index is 1.42. The summed E-state index contributed by atoms with van der Waals surface area (Å²) in [6.07, 6.45) is 5.89. The topological polar surface area (TPSA) is 65.5 Å². The van der Waals surface area contributed by atoms with Crippen molar-refractivity contribution in [1.29, 1.82) is 0 Å². The van der Waals surface area contributed by atoms with E-state index in [4.69, 9.17) is 0 Å². The Morgan fingerprint density at radius 2 is 1.86 bits per heavy atom. The van der Waals surface area contributed by atoms with Crippen LogP contribution in [-0.2, 0) is 0 Å². The van der Waals surface area contributed by atoms with Crippen molar-refractivity contribution < 1.29 is 18.4 Å². The zero-order valence-electron chi connectivity index (χ0n) is 15.2. The molecule has 1 saturated carbocycles. The highest BCUT2D eigenvalue weighted by atomic mass is 19.2. The van der Waals surface area contributed by atoms with Crippen LogP contribution in [0.15, 0.2) is 36.5 Å². The smallest absolute Gasteiger partial charge is 0.321 e. The number of carbonyl (C=O) groups is 2. The number of benzene rings is 1. The average Bonchev–Trinajstić information content (AvgIpc) is 3.34. The molecule has 0 atom stereocenters. The molecule has 0 unspecified atom stereocenters. The minimum atomic E-state index is -1.08. The summed E-state index contributed by atoms with van der Waals surface area (Å²) in [6.45, 7) is 1.28. The van der Waals surface area contributed by atoms with E-state index in [9.17, 15) is 18.4 Å². The van der Waals surface area contributed by atoms with E-state index in [1.165, 1.54) is 25.1 Å². The Morgan fingerprint density at radius 3 is 2.54 bits per heavy atom. The van der Waals surface area contributed by atoms with Gasteiger partial charge in [0.15, 0.2) is 11.6 Å². The van der Waals surface area contributed by atoms with Crippen LogP contribution in [-0.4, -0.2) is 41.0 Å². The first-order valence-corrected chi connectivity index (χ1v) is 9.33. The van der Waals surface area contributed by atoms with Gasteiger partial charge in [0.05, 0.1) is 11.9 Å². The number of carbonyl (C=O) groups excluding carboxylic acids is 2. The van der Waals surface area contributed by atoms with Crippen LogP contribution in [0.5, 0.6) is 0 Å². The summed E-state index contributed by atoms with van der Waals surface area (Å²) < 4.78 is 26.3. The summed E-state index contributed by atoms with van der Waals surface area (Å²) in [4.78, 5) is 32.7. The molecule has 2 aliphatic rings. The van der Waals surface area contributed by atoms with Gasteiger partial charge in [0.2, 0.25) is 0 Å². The van der Waals surface area contributed by atoms with E-state index >= 15 is 0 Å². The van der Waals surface area contributed by atoms with E-state index in [1.54, 1.807) is 17.0 Å². The molecule has 6 nitrogen and oxygen atoms in total. The van der Waals surface area contributed by atoms with Crippen LogP contribution in [0.2, 0.25) is 0 Å². The van der Waals surface area contributed by atoms with Crippen LogP contribution >= 0.6 is 0 Å². The van der Waals surface area contributed by atoms with Gasteiger partial charge in [0, 0.05) is 24.7 Å². The lowest BCUT2D eigenvalue weighted by atomic mass is 10.2. The van der Waals surface area contributed by atoms with Crippen molar-refractivity contribution in [3.05, 3.63) is 53.7 Å². The first-order valence-electron chi connectivity index (χ1n) is 9.33. The summed E-state index contributed by atoms with van der Waals surface area (Å²) in [6, 6.07) is 6.54. The fourth-order valence-electron chi connectivity index (χ4n) is 3.78. The summed E-state index contributed by atoms with van der Waals surface area (Å²) in [7, 11) is 0. The first kappa shape index (κ1) is 18.3. The number of urea groups is 1. The number of halogens is 2. The third kappa shape index (κ3) is 3.54. The van der Waals surface area contributed by atoms with Gasteiger partial charge >= 0.3 is 6.03 Å². The van der Waals surface area contributed by atoms with Crippen LogP contribution < -0.4 is 10.2 Å². The maximum Gasteiger partial charge on any atom is 0.326 e. The largest absolute Gasteiger partial charge is 0.326 e. The normalized spacial score (nSPS) is 17.4. The minimum absolute atomic E-state index is 0.00454. The number of nitrogens with zero attached hydrogens (tertiary/aromatic N) is 3. The molecule has 1 aromatic carbocycles. The van der Waals surface area contributed by atoms with E-state index in [0.717, 1.165) is 25.0 Å². The third-order valence-electron chi connectivity index (χ3n) is 5.27. The molecule has 1 aliphatic carbocycles. The molecule has 2 aromatic rings. The fraction of sp³-hybridized carbons (Fsp3) is 0.350. The Morgan fingerprint density at radius 1 is 1.07 bits per heavy atom. The predicted octanol–water partition coefficient (Wildman–Crippen LogP) is 3.80. The number of hydrogen-bond donors (Lipinski definition) is 1. The van der Waals surface area contributed by atoms with Crippen LogP contribution in [0.3, 0.4) is 0 Å². The van der Waals surface area contributed by atoms with Gasteiger partial charge in [-0.1, -0.05) is 12.8 Å². The van der Waals surface area contributed by atoms with E-state index in [2.05, 4.69) is 10.3 Å². The molecule has 0 spiro atoms. The van der Waals surface area contributed by atoms with Gasteiger partial charge in [-0.15, -0.1) is 0 Å². The second-order valence-corrected chi connectivity index (χ2v) is 7.05. The van der Waals surface area contributed by atoms with Crippen molar-refractivity contribution in [2.24, 2.45) is 0 Å². The number of pyridine rings is 1. The predicted molar refractivity (Wildman–Crippen MR) is 100 cm³/mol. The molecule has 1 aliphatic heterocycles. The average molecular weight is 386 g/mol. The number of rotatable bonds is 4. The van der Waals surface area contributed by atoms with Crippen LogP contribution in [0.25, 0.3) is 0 Å². The van der Waals surface area contributed by atoms with Gasteiger partial charge < -0.3 is 10.2 Å². The van der Waals surface area contributed by atoms with E-state index in [0.29, 0.717) is 30.6 Å². The molecule has 2 fully saturated rings. The molecule has 3 amide bonds. The standard InChI is InChI=1S/C20H20F2N4O2/c21-16-7-5-13(11-17(16)22)19(27)24-14-6-8-18(23-12-14)26-10-9-25(20(26)28)15-3-1-2-4-15/h5-8,11-12,15H,1-4,9-10H2,(H,24,27). The Hall–Kier alpha value is -3.03. The fourth-order valence-corrected chi connectivity index (χ4v) is 3.78. The molecular weight excluding hydrogens is 366 g/mol. The van der Waals surface area contributed by atoms with Crippen molar-refractivity contribution in [3.8, 4) is 0 Å². The SMILES string of the molecule is O=C(Nc1ccc(N2CCN(C3CCCC3)C2=O)nc1)c1ccc(F)c(F)c1. The number of anilines is 2. The van der Waals surface area contributed by atoms with Crippen molar-refractivity contribution in [1.82, 2.24) is 9.88 Å². The molecule has 0 bridgehead atoms. The number of aromatic nitrogens is 1. The van der Waals surface area contributed by atoms with Crippen molar-refractivity contribution in [2.75, 3.05) is 23.3 Å². The van der Waals surface area contributed by atoms with Gasteiger partial charge in [-0.2, -0.15) is 0 Å². The summed E-state index contributed by atoms with van der Waals surface area (Å²) in [5.41, 5.74) is 0.405.